The Hall–Kier alpha value is -2.23. The van der Waals surface area contributed by atoms with Crippen LogP contribution in [0.25, 0.3) is 5.69 Å². The molecule has 0 bridgehead atoms. The summed E-state index contributed by atoms with van der Waals surface area (Å²) >= 11 is 0. The van der Waals surface area contributed by atoms with Gasteiger partial charge < -0.3 is 5.32 Å². The zero-order chi connectivity index (χ0) is 14.9. The number of rotatable bonds is 2. The molecule has 4 rings (SSSR count). The Bertz CT molecular complexity index is 715. The summed E-state index contributed by atoms with van der Waals surface area (Å²) in [7, 11) is 0. The Morgan fingerprint density at radius 3 is 3.18 bits per heavy atom. The summed E-state index contributed by atoms with van der Waals surface area (Å²) < 4.78 is 1.77. The van der Waals surface area contributed by atoms with Crippen LogP contribution in [0, 0.1) is 11.3 Å². The van der Waals surface area contributed by atoms with Crippen LogP contribution < -0.4 is 5.32 Å². The van der Waals surface area contributed by atoms with Crippen LogP contribution >= 0.6 is 0 Å². The van der Waals surface area contributed by atoms with Gasteiger partial charge in [-0.3, -0.25) is 4.90 Å². The fourth-order valence-electron chi connectivity index (χ4n) is 3.56. The molecule has 0 unspecified atom stereocenters. The first-order chi connectivity index (χ1) is 10.8. The van der Waals surface area contributed by atoms with Gasteiger partial charge >= 0.3 is 0 Å². The predicted octanol–water partition coefficient (Wildman–Crippen LogP) is 1.25. The van der Waals surface area contributed by atoms with Gasteiger partial charge in [-0.15, -0.1) is 5.10 Å². The number of hydrogen-bond donors (Lipinski definition) is 1. The highest BCUT2D eigenvalue weighted by Gasteiger charge is 2.37. The van der Waals surface area contributed by atoms with Crippen molar-refractivity contribution >= 4 is 0 Å². The zero-order valence-corrected chi connectivity index (χ0v) is 12.3. The first-order valence-electron chi connectivity index (χ1n) is 7.74. The van der Waals surface area contributed by atoms with Gasteiger partial charge in [0.1, 0.15) is 5.69 Å². The molecule has 0 aliphatic carbocycles. The van der Waals surface area contributed by atoms with Gasteiger partial charge in [0.05, 0.1) is 29.6 Å². The Labute approximate surface area is 129 Å². The van der Waals surface area contributed by atoms with Crippen LogP contribution in [0.5, 0.6) is 0 Å². The maximum atomic E-state index is 9.01. The molecule has 0 spiro atoms. The van der Waals surface area contributed by atoms with E-state index in [9.17, 15) is 0 Å². The molecule has 2 aromatic rings. The molecule has 22 heavy (non-hydrogen) atoms. The van der Waals surface area contributed by atoms with Crippen LogP contribution in [0.15, 0.2) is 30.5 Å². The summed E-state index contributed by atoms with van der Waals surface area (Å²) in [5.74, 6) is 0. The molecule has 112 valence electrons. The summed E-state index contributed by atoms with van der Waals surface area (Å²) in [5.41, 5.74) is 2.55. The monoisotopic (exact) mass is 294 g/mol. The van der Waals surface area contributed by atoms with Crippen LogP contribution in [-0.2, 0) is 0 Å². The minimum Gasteiger partial charge on any atom is -0.314 e. The molecule has 0 amide bonds. The van der Waals surface area contributed by atoms with Gasteiger partial charge in [0.25, 0.3) is 0 Å². The quantitative estimate of drug-likeness (QED) is 0.902. The maximum absolute atomic E-state index is 9.01. The van der Waals surface area contributed by atoms with E-state index in [0.29, 0.717) is 17.6 Å². The number of hydrogen-bond acceptors (Lipinski definition) is 5. The van der Waals surface area contributed by atoms with E-state index in [1.807, 2.05) is 24.4 Å². The zero-order valence-electron chi connectivity index (χ0n) is 12.3. The first-order valence-corrected chi connectivity index (χ1v) is 7.74. The second-order valence-electron chi connectivity index (χ2n) is 5.94. The first kappa shape index (κ1) is 13.4. The highest BCUT2D eigenvalue weighted by Crippen LogP contribution is 2.35. The molecule has 2 saturated heterocycles. The van der Waals surface area contributed by atoms with Gasteiger partial charge in [-0.1, -0.05) is 11.3 Å². The SMILES string of the molecule is N#Cc1cccc(-n2cc([C@H]3CC[C@H]4CNCCN43)nn2)c1. The van der Waals surface area contributed by atoms with Gasteiger partial charge in [0.15, 0.2) is 0 Å². The summed E-state index contributed by atoms with van der Waals surface area (Å²) in [6, 6.07) is 10.6. The van der Waals surface area contributed by atoms with E-state index in [1.165, 1.54) is 6.42 Å². The number of benzene rings is 1. The van der Waals surface area contributed by atoms with E-state index >= 15 is 0 Å². The third-order valence-electron chi connectivity index (χ3n) is 4.66. The van der Waals surface area contributed by atoms with Crippen molar-refractivity contribution in [2.24, 2.45) is 0 Å². The van der Waals surface area contributed by atoms with Crippen molar-refractivity contribution in [2.45, 2.75) is 24.9 Å². The minimum atomic E-state index is 0.375. The number of piperazine rings is 1. The molecule has 6 nitrogen and oxygen atoms in total. The van der Waals surface area contributed by atoms with Crippen molar-refractivity contribution in [3.05, 3.63) is 41.7 Å². The number of fused-ring (bicyclic) bond motifs is 1. The topological polar surface area (TPSA) is 69.8 Å². The summed E-state index contributed by atoms with van der Waals surface area (Å²) in [6.07, 6.45) is 4.36. The normalized spacial score (nSPS) is 24.9. The van der Waals surface area contributed by atoms with Crippen LogP contribution in [0.4, 0.5) is 0 Å². The van der Waals surface area contributed by atoms with Gasteiger partial charge in [-0.2, -0.15) is 5.26 Å². The van der Waals surface area contributed by atoms with Crippen molar-refractivity contribution in [3.8, 4) is 11.8 Å². The van der Waals surface area contributed by atoms with Crippen LogP contribution in [0.2, 0.25) is 0 Å². The van der Waals surface area contributed by atoms with Crippen LogP contribution in [-0.4, -0.2) is 45.6 Å². The highest BCUT2D eigenvalue weighted by atomic mass is 15.4. The second kappa shape index (κ2) is 5.52. The maximum Gasteiger partial charge on any atom is 0.100 e. The van der Waals surface area contributed by atoms with Gasteiger partial charge in [-0.05, 0) is 31.0 Å². The largest absolute Gasteiger partial charge is 0.314 e. The van der Waals surface area contributed by atoms with Crippen molar-refractivity contribution in [3.63, 3.8) is 0 Å². The van der Waals surface area contributed by atoms with Crippen molar-refractivity contribution in [1.29, 1.82) is 5.26 Å². The Morgan fingerprint density at radius 2 is 2.27 bits per heavy atom. The van der Waals surface area contributed by atoms with E-state index in [2.05, 4.69) is 26.6 Å². The highest BCUT2D eigenvalue weighted by molar-refractivity contribution is 5.40. The van der Waals surface area contributed by atoms with Crippen molar-refractivity contribution in [1.82, 2.24) is 25.2 Å². The Morgan fingerprint density at radius 1 is 1.32 bits per heavy atom. The van der Waals surface area contributed by atoms with E-state index in [0.717, 1.165) is 37.4 Å². The fraction of sp³-hybridized carbons (Fsp3) is 0.438. The standard InChI is InChI=1S/C16H18N6/c17-9-12-2-1-3-13(8-12)22-11-15(19-20-22)16-5-4-14-10-18-6-7-21(14)16/h1-3,8,11,14,16,18H,4-7,10H2/t14-,16+/m0/s1. The molecule has 6 heteroatoms. The van der Waals surface area contributed by atoms with E-state index < -0.39 is 0 Å². The molecule has 1 aromatic heterocycles. The lowest BCUT2D eigenvalue weighted by Gasteiger charge is -2.33. The smallest absolute Gasteiger partial charge is 0.100 e. The average molecular weight is 294 g/mol. The summed E-state index contributed by atoms with van der Waals surface area (Å²) in [6.45, 7) is 3.20. The lowest BCUT2D eigenvalue weighted by atomic mass is 10.1. The minimum absolute atomic E-state index is 0.375. The molecular formula is C16H18N6. The molecular weight excluding hydrogens is 276 g/mol. The van der Waals surface area contributed by atoms with E-state index in [4.69, 9.17) is 5.26 Å². The number of aromatic nitrogens is 3. The molecule has 0 radical (unpaired) electrons. The summed E-state index contributed by atoms with van der Waals surface area (Å²) in [4.78, 5) is 2.55. The van der Waals surface area contributed by atoms with Crippen molar-refractivity contribution in [2.75, 3.05) is 19.6 Å². The van der Waals surface area contributed by atoms with Gasteiger partial charge in [-0.25, -0.2) is 4.68 Å². The number of nitrogens with zero attached hydrogens (tertiary/aromatic N) is 5. The molecule has 2 aliphatic rings. The molecule has 2 fully saturated rings. The van der Waals surface area contributed by atoms with E-state index in [-0.39, 0.29) is 0 Å². The average Bonchev–Trinajstić information content (AvgIpc) is 3.21. The molecule has 0 saturated carbocycles. The Balaban J connectivity index is 1.60. The van der Waals surface area contributed by atoms with E-state index in [1.54, 1.807) is 10.7 Å². The summed E-state index contributed by atoms with van der Waals surface area (Å²) in [5, 5.41) is 21.1. The predicted molar refractivity (Wildman–Crippen MR) is 81.4 cm³/mol. The molecule has 1 N–H and O–H groups in total. The molecule has 2 atom stereocenters. The molecule has 2 aliphatic heterocycles. The number of nitriles is 1. The van der Waals surface area contributed by atoms with Crippen LogP contribution in [0.3, 0.4) is 0 Å². The second-order valence-corrected chi connectivity index (χ2v) is 5.94. The third kappa shape index (κ3) is 2.28. The van der Waals surface area contributed by atoms with Gasteiger partial charge in [0.2, 0.25) is 0 Å². The lowest BCUT2D eigenvalue weighted by molar-refractivity contribution is 0.159. The molecule has 1 aromatic carbocycles. The lowest BCUT2D eigenvalue weighted by Crippen LogP contribution is -2.48. The third-order valence-corrected chi connectivity index (χ3v) is 4.66. The fourth-order valence-corrected chi connectivity index (χ4v) is 3.56. The molecule has 3 heterocycles. The van der Waals surface area contributed by atoms with Gasteiger partial charge in [0, 0.05) is 25.7 Å². The van der Waals surface area contributed by atoms with Crippen LogP contribution in [0.1, 0.15) is 30.1 Å². The number of nitrogens with one attached hydrogen (secondary N) is 1. The Kier molecular flexibility index (Phi) is 3.37. The van der Waals surface area contributed by atoms with Crippen molar-refractivity contribution < 1.29 is 0 Å².